The molecule has 1 aromatic heterocycles. The lowest BCUT2D eigenvalue weighted by Gasteiger charge is -2.08. The Morgan fingerprint density at radius 2 is 1.79 bits per heavy atom. The fraction of sp³-hybridized carbons (Fsp3) is 0.333. The first-order chi connectivity index (χ1) is 11.8. The van der Waals surface area contributed by atoms with Crippen molar-refractivity contribution in [2.45, 2.75) is 6.61 Å². The van der Waals surface area contributed by atoms with Crippen LogP contribution in [0.25, 0.3) is 0 Å². The predicted octanol–water partition coefficient (Wildman–Crippen LogP) is 1.63. The third-order valence-corrected chi connectivity index (χ3v) is 3.34. The van der Waals surface area contributed by atoms with E-state index in [0.717, 1.165) is 17.9 Å². The number of methoxy groups -OCH3 is 1. The van der Waals surface area contributed by atoms with Crippen LogP contribution in [0.2, 0.25) is 0 Å². The summed E-state index contributed by atoms with van der Waals surface area (Å²) < 4.78 is 10.6. The highest BCUT2D eigenvalue weighted by molar-refractivity contribution is 5.94. The standard InChI is InChI=1S/C18H23N3O3/c1-23-13-12-20-10-11-21-18(22)16-2-4-17(5-3-16)24-14-15-6-8-19-9-7-15/h2-9,20H,10-14H2,1H3,(H,21,22). The van der Waals surface area contributed by atoms with Crippen molar-refractivity contribution in [3.63, 3.8) is 0 Å². The summed E-state index contributed by atoms with van der Waals surface area (Å²) >= 11 is 0. The molecule has 2 aromatic rings. The van der Waals surface area contributed by atoms with Crippen LogP contribution in [-0.2, 0) is 11.3 Å². The van der Waals surface area contributed by atoms with E-state index >= 15 is 0 Å². The number of pyridine rings is 1. The normalized spacial score (nSPS) is 10.4. The Kier molecular flexibility index (Phi) is 7.73. The molecule has 2 N–H and O–H groups in total. The van der Waals surface area contributed by atoms with Gasteiger partial charge in [-0.25, -0.2) is 0 Å². The number of rotatable bonds is 10. The third kappa shape index (κ3) is 6.36. The monoisotopic (exact) mass is 329 g/mol. The van der Waals surface area contributed by atoms with Crippen LogP contribution >= 0.6 is 0 Å². The van der Waals surface area contributed by atoms with Gasteiger partial charge in [0.25, 0.3) is 5.91 Å². The van der Waals surface area contributed by atoms with E-state index in [2.05, 4.69) is 15.6 Å². The van der Waals surface area contributed by atoms with Crippen LogP contribution in [0, 0.1) is 0 Å². The highest BCUT2D eigenvalue weighted by Gasteiger charge is 2.05. The maximum absolute atomic E-state index is 12.0. The highest BCUT2D eigenvalue weighted by Crippen LogP contribution is 2.14. The molecular formula is C18H23N3O3. The smallest absolute Gasteiger partial charge is 0.251 e. The molecule has 0 aliphatic carbocycles. The first-order valence-corrected chi connectivity index (χ1v) is 7.89. The van der Waals surface area contributed by atoms with Crippen LogP contribution in [0.15, 0.2) is 48.8 Å². The van der Waals surface area contributed by atoms with Crippen molar-refractivity contribution >= 4 is 5.91 Å². The lowest BCUT2D eigenvalue weighted by atomic mass is 10.2. The first kappa shape index (κ1) is 17.9. The summed E-state index contributed by atoms with van der Waals surface area (Å²) in [6.45, 7) is 3.19. The Morgan fingerprint density at radius 1 is 1.04 bits per heavy atom. The molecule has 0 bridgehead atoms. The minimum atomic E-state index is -0.0933. The van der Waals surface area contributed by atoms with Gasteiger partial charge in [0.15, 0.2) is 0 Å². The Balaban J connectivity index is 1.71. The number of hydrogen-bond donors (Lipinski definition) is 2. The minimum Gasteiger partial charge on any atom is -0.489 e. The molecule has 1 heterocycles. The average Bonchev–Trinajstić information content (AvgIpc) is 2.64. The molecule has 0 fully saturated rings. The molecule has 0 aliphatic rings. The number of benzene rings is 1. The molecule has 0 saturated heterocycles. The molecule has 0 atom stereocenters. The number of aromatic nitrogens is 1. The Hall–Kier alpha value is -2.44. The van der Waals surface area contributed by atoms with Gasteiger partial charge >= 0.3 is 0 Å². The van der Waals surface area contributed by atoms with E-state index in [1.54, 1.807) is 43.8 Å². The predicted molar refractivity (Wildman–Crippen MR) is 92.1 cm³/mol. The number of hydrogen-bond acceptors (Lipinski definition) is 5. The highest BCUT2D eigenvalue weighted by atomic mass is 16.5. The van der Waals surface area contributed by atoms with Crippen molar-refractivity contribution < 1.29 is 14.3 Å². The van der Waals surface area contributed by atoms with Gasteiger partial charge < -0.3 is 20.1 Å². The fourth-order valence-corrected chi connectivity index (χ4v) is 2.01. The SMILES string of the molecule is COCCNCCNC(=O)c1ccc(OCc2ccncc2)cc1. The van der Waals surface area contributed by atoms with Crippen LogP contribution < -0.4 is 15.4 Å². The number of carbonyl (C=O) groups is 1. The van der Waals surface area contributed by atoms with E-state index in [1.807, 2.05) is 12.1 Å². The summed E-state index contributed by atoms with van der Waals surface area (Å²) in [5.74, 6) is 0.633. The third-order valence-electron chi connectivity index (χ3n) is 3.34. The van der Waals surface area contributed by atoms with Crippen molar-refractivity contribution in [3.8, 4) is 5.75 Å². The zero-order valence-electron chi connectivity index (χ0n) is 13.8. The van der Waals surface area contributed by atoms with E-state index in [4.69, 9.17) is 9.47 Å². The van der Waals surface area contributed by atoms with Crippen LogP contribution in [0.5, 0.6) is 5.75 Å². The van der Waals surface area contributed by atoms with Gasteiger partial charge in [0.05, 0.1) is 6.61 Å². The second-order valence-corrected chi connectivity index (χ2v) is 5.17. The molecule has 0 spiro atoms. The molecule has 0 unspecified atom stereocenters. The molecule has 0 saturated carbocycles. The van der Waals surface area contributed by atoms with Crippen LogP contribution in [0.4, 0.5) is 0 Å². The lowest BCUT2D eigenvalue weighted by molar-refractivity contribution is 0.0953. The second-order valence-electron chi connectivity index (χ2n) is 5.17. The summed E-state index contributed by atoms with van der Waals surface area (Å²) in [5, 5.41) is 6.03. The number of ether oxygens (including phenoxy) is 2. The van der Waals surface area contributed by atoms with E-state index in [9.17, 15) is 4.79 Å². The van der Waals surface area contributed by atoms with Gasteiger partial charge in [-0.1, -0.05) is 0 Å². The summed E-state index contributed by atoms with van der Waals surface area (Å²) in [6, 6.07) is 10.9. The molecule has 0 radical (unpaired) electrons. The summed E-state index contributed by atoms with van der Waals surface area (Å²) in [5.41, 5.74) is 1.66. The van der Waals surface area contributed by atoms with E-state index < -0.39 is 0 Å². The lowest BCUT2D eigenvalue weighted by Crippen LogP contribution is -2.33. The van der Waals surface area contributed by atoms with Gasteiger partial charge in [0.1, 0.15) is 12.4 Å². The first-order valence-electron chi connectivity index (χ1n) is 7.89. The van der Waals surface area contributed by atoms with Crippen LogP contribution in [0.3, 0.4) is 0 Å². The Labute approximate surface area is 142 Å². The van der Waals surface area contributed by atoms with Gasteiger partial charge in [0.2, 0.25) is 0 Å². The Morgan fingerprint density at radius 3 is 2.50 bits per heavy atom. The van der Waals surface area contributed by atoms with Gasteiger partial charge in [-0.2, -0.15) is 0 Å². The molecule has 0 aliphatic heterocycles. The second kappa shape index (κ2) is 10.4. The molecule has 6 nitrogen and oxygen atoms in total. The molecule has 128 valence electrons. The largest absolute Gasteiger partial charge is 0.489 e. The van der Waals surface area contributed by atoms with Crippen LogP contribution in [-0.4, -0.2) is 44.2 Å². The average molecular weight is 329 g/mol. The molecule has 1 amide bonds. The summed E-state index contributed by atoms with van der Waals surface area (Å²) in [4.78, 5) is 16.0. The summed E-state index contributed by atoms with van der Waals surface area (Å²) in [7, 11) is 1.66. The number of amides is 1. The van der Waals surface area contributed by atoms with E-state index in [-0.39, 0.29) is 5.91 Å². The number of nitrogens with zero attached hydrogens (tertiary/aromatic N) is 1. The summed E-state index contributed by atoms with van der Waals surface area (Å²) in [6.07, 6.45) is 3.46. The molecule has 1 aromatic carbocycles. The topological polar surface area (TPSA) is 72.5 Å². The molecule has 24 heavy (non-hydrogen) atoms. The van der Waals surface area contributed by atoms with Gasteiger partial charge in [0, 0.05) is 44.7 Å². The van der Waals surface area contributed by atoms with Crippen molar-refractivity contribution in [3.05, 3.63) is 59.9 Å². The van der Waals surface area contributed by atoms with Gasteiger partial charge in [-0.15, -0.1) is 0 Å². The van der Waals surface area contributed by atoms with E-state index in [0.29, 0.717) is 31.9 Å². The zero-order chi connectivity index (χ0) is 17.0. The maximum Gasteiger partial charge on any atom is 0.251 e. The van der Waals surface area contributed by atoms with Crippen molar-refractivity contribution in [1.82, 2.24) is 15.6 Å². The van der Waals surface area contributed by atoms with Crippen molar-refractivity contribution in [2.75, 3.05) is 33.4 Å². The number of carbonyl (C=O) groups excluding carboxylic acids is 1. The quantitative estimate of drug-likeness (QED) is 0.648. The van der Waals surface area contributed by atoms with Gasteiger partial charge in [-0.3, -0.25) is 9.78 Å². The zero-order valence-corrected chi connectivity index (χ0v) is 13.8. The van der Waals surface area contributed by atoms with Crippen molar-refractivity contribution in [2.24, 2.45) is 0 Å². The Bertz CT molecular complexity index is 603. The molecule has 6 heteroatoms. The molecule has 2 rings (SSSR count). The maximum atomic E-state index is 12.0. The van der Waals surface area contributed by atoms with Gasteiger partial charge in [-0.05, 0) is 42.0 Å². The minimum absolute atomic E-state index is 0.0933. The fourth-order valence-electron chi connectivity index (χ4n) is 2.01. The van der Waals surface area contributed by atoms with Crippen molar-refractivity contribution in [1.29, 1.82) is 0 Å². The number of nitrogens with one attached hydrogen (secondary N) is 2. The molecular weight excluding hydrogens is 306 g/mol. The van der Waals surface area contributed by atoms with E-state index in [1.165, 1.54) is 0 Å². The van der Waals surface area contributed by atoms with Crippen LogP contribution in [0.1, 0.15) is 15.9 Å².